The zero-order valence-electron chi connectivity index (χ0n) is 12.8. The second-order valence-corrected chi connectivity index (χ2v) is 5.36. The van der Waals surface area contributed by atoms with E-state index >= 15 is 0 Å². The minimum Gasteiger partial charge on any atom is -0.481 e. The molecule has 3 N–H and O–H groups in total. The number of carboxylic acid groups (broad SMARTS) is 1. The molecule has 0 radical (unpaired) electrons. The zero-order chi connectivity index (χ0) is 16.1. The Morgan fingerprint density at radius 2 is 2.14 bits per heavy atom. The third-order valence-corrected chi connectivity index (χ3v) is 3.67. The van der Waals surface area contributed by atoms with Gasteiger partial charge in [-0.3, -0.25) is 4.79 Å². The Kier molecular flexibility index (Phi) is 5.04. The number of aryl methyl sites for hydroxylation is 1. The summed E-state index contributed by atoms with van der Waals surface area (Å²) in [4.78, 5) is 26.9. The molecule has 1 aromatic heterocycles. The van der Waals surface area contributed by atoms with E-state index in [0.29, 0.717) is 6.54 Å². The molecule has 118 valence electrons. The van der Waals surface area contributed by atoms with Gasteiger partial charge in [-0.1, -0.05) is 12.1 Å². The van der Waals surface area contributed by atoms with Gasteiger partial charge in [0.1, 0.15) is 0 Å². The molecule has 0 aliphatic carbocycles. The van der Waals surface area contributed by atoms with Crippen LogP contribution in [0.2, 0.25) is 0 Å². The standard InChI is InChI=1S/C16H21N3O3/c1-11-4-3-5-13-15(11)12(10-18-13)6-8-17-16(22)19(2)9-7-14(20)21/h3-5,10,18H,6-9H2,1-2H3,(H,17,22)(H,20,21). The van der Waals surface area contributed by atoms with Gasteiger partial charge in [0.05, 0.1) is 6.42 Å². The van der Waals surface area contributed by atoms with Crippen molar-refractivity contribution in [3.63, 3.8) is 0 Å². The summed E-state index contributed by atoms with van der Waals surface area (Å²) in [6, 6.07) is 5.86. The van der Waals surface area contributed by atoms with Crippen LogP contribution in [0.15, 0.2) is 24.4 Å². The highest BCUT2D eigenvalue weighted by Crippen LogP contribution is 2.22. The fourth-order valence-corrected chi connectivity index (χ4v) is 2.45. The Morgan fingerprint density at radius 1 is 1.36 bits per heavy atom. The summed E-state index contributed by atoms with van der Waals surface area (Å²) in [5.41, 5.74) is 3.47. The third-order valence-electron chi connectivity index (χ3n) is 3.67. The average molecular weight is 303 g/mol. The van der Waals surface area contributed by atoms with Crippen molar-refractivity contribution >= 4 is 22.9 Å². The highest BCUT2D eigenvalue weighted by Gasteiger charge is 2.10. The summed E-state index contributed by atoms with van der Waals surface area (Å²) < 4.78 is 0. The molecule has 0 spiro atoms. The maximum absolute atomic E-state index is 11.8. The fourth-order valence-electron chi connectivity index (χ4n) is 2.45. The number of H-pyrrole nitrogens is 1. The maximum Gasteiger partial charge on any atom is 0.317 e. The van der Waals surface area contributed by atoms with E-state index in [9.17, 15) is 9.59 Å². The predicted octanol–water partition coefficient (Wildman–Crippen LogP) is 2.13. The van der Waals surface area contributed by atoms with Crippen LogP contribution in [0.3, 0.4) is 0 Å². The SMILES string of the molecule is Cc1cccc2[nH]cc(CCNC(=O)N(C)CCC(=O)O)c12. The van der Waals surface area contributed by atoms with Gasteiger partial charge in [-0.25, -0.2) is 4.79 Å². The summed E-state index contributed by atoms with van der Waals surface area (Å²) in [7, 11) is 1.59. The number of carbonyl (C=O) groups is 2. The Balaban J connectivity index is 1.87. The van der Waals surface area contributed by atoms with Crippen LogP contribution >= 0.6 is 0 Å². The van der Waals surface area contributed by atoms with E-state index in [1.807, 2.05) is 18.3 Å². The molecule has 6 heteroatoms. The number of nitrogens with one attached hydrogen (secondary N) is 2. The van der Waals surface area contributed by atoms with Crippen molar-refractivity contribution in [2.75, 3.05) is 20.1 Å². The minimum absolute atomic E-state index is 0.0500. The van der Waals surface area contributed by atoms with Crippen molar-refractivity contribution in [1.82, 2.24) is 15.2 Å². The van der Waals surface area contributed by atoms with Crippen molar-refractivity contribution < 1.29 is 14.7 Å². The number of hydrogen-bond acceptors (Lipinski definition) is 2. The molecule has 0 aliphatic rings. The minimum atomic E-state index is -0.908. The molecule has 0 fully saturated rings. The molecule has 2 rings (SSSR count). The van der Waals surface area contributed by atoms with Crippen LogP contribution in [0.25, 0.3) is 10.9 Å². The number of aliphatic carboxylic acids is 1. The highest BCUT2D eigenvalue weighted by molar-refractivity contribution is 5.86. The molecular weight excluding hydrogens is 282 g/mol. The van der Waals surface area contributed by atoms with E-state index in [1.54, 1.807) is 7.05 Å². The first-order valence-corrected chi connectivity index (χ1v) is 7.25. The van der Waals surface area contributed by atoms with Crippen LogP contribution < -0.4 is 5.32 Å². The molecular formula is C16H21N3O3. The van der Waals surface area contributed by atoms with Crippen LogP contribution in [-0.2, 0) is 11.2 Å². The summed E-state index contributed by atoms with van der Waals surface area (Å²) >= 11 is 0. The molecule has 0 unspecified atom stereocenters. The average Bonchev–Trinajstić information content (AvgIpc) is 2.89. The zero-order valence-corrected chi connectivity index (χ0v) is 12.8. The van der Waals surface area contributed by atoms with E-state index < -0.39 is 5.97 Å². The molecule has 0 bridgehead atoms. The third kappa shape index (κ3) is 3.78. The number of amides is 2. The van der Waals surface area contributed by atoms with Crippen molar-refractivity contribution in [2.45, 2.75) is 19.8 Å². The Labute approximate surface area is 129 Å². The van der Waals surface area contributed by atoms with Gasteiger partial charge in [0.15, 0.2) is 0 Å². The molecule has 0 saturated carbocycles. The lowest BCUT2D eigenvalue weighted by Crippen LogP contribution is -2.39. The monoisotopic (exact) mass is 303 g/mol. The Hall–Kier alpha value is -2.50. The lowest BCUT2D eigenvalue weighted by atomic mass is 10.1. The number of fused-ring (bicyclic) bond motifs is 1. The van der Waals surface area contributed by atoms with Crippen molar-refractivity contribution in [1.29, 1.82) is 0 Å². The van der Waals surface area contributed by atoms with Crippen molar-refractivity contribution in [2.24, 2.45) is 0 Å². The number of carbonyl (C=O) groups excluding carboxylic acids is 1. The largest absolute Gasteiger partial charge is 0.481 e. The normalized spacial score (nSPS) is 10.6. The van der Waals surface area contributed by atoms with E-state index in [0.717, 1.165) is 11.9 Å². The quantitative estimate of drug-likeness (QED) is 0.764. The number of benzene rings is 1. The van der Waals surface area contributed by atoms with Gasteiger partial charge in [-0.05, 0) is 30.5 Å². The van der Waals surface area contributed by atoms with Gasteiger partial charge in [0, 0.05) is 37.2 Å². The molecule has 1 heterocycles. The lowest BCUT2D eigenvalue weighted by molar-refractivity contribution is -0.137. The maximum atomic E-state index is 11.8. The number of rotatable bonds is 6. The van der Waals surface area contributed by atoms with Crippen LogP contribution in [-0.4, -0.2) is 47.1 Å². The molecule has 1 aromatic carbocycles. The van der Waals surface area contributed by atoms with Gasteiger partial charge >= 0.3 is 12.0 Å². The number of aromatic nitrogens is 1. The second-order valence-electron chi connectivity index (χ2n) is 5.36. The molecule has 6 nitrogen and oxygen atoms in total. The van der Waals surface area contributed by atoms with Gasteiger partial charge in [-0.15, -0.1) is 0 Å². The van der Waals surface area contributed by atoms with Crippen LogP contribution in [0.1, 0.15) is 17.5 Å². The molecule has 2 aromatic rings. The number of carboxylic acids is 1. The smallest absolute Gasteiger partial charge is 0.317 e. The molecule has 0 atom stereocenters. The van der Waals surface area contributed by atoms with Gasteiger partial charge in [-0.2, -0.15) is 0 Å². The summed E-state index contributed by atoms with van der Waals surface area (Å²) in [5.74, 6) is -0.908. The second kappa shape index (κ2) is 6.98. The van der Waals surface area contributed by atoms with E-state index in [-0.39, 0.29) is 19.0 Å². The highest BCUT2D eigenvalue weighted by atomic mass is 16.4. The van der Waals surface area contributed by atoms with E-state index in [1.165, 1.54) is 21.4 Å². The van der Waals surface area contributed by atoms with Crippen molar-refractivity contribution in [3.05, 3.63) is 35.5 Å². The first-order chi connectivity index (χ1) is 10.5. The Morgan fingerprint density at radius 3 is 2.86 bits per heavy atom. The number of urea groups is 1. The number of aromatic amines is 1. The Bertz CT molecular complexity index is 678. The molecule has 0 saturated heterocycles. The number of nitrogens with zero attached hydrogens (tertiary/aromatic N) is 1. The van der Waals surface area contributed by atoms with E-state index in [4.69, 9.17) is 5.11 Å². The molecule has 22 heavy (non-hydrogen) atoms. The van der Waals surface area contributed by atoms with Crippen LogP contribution in [0.4, 0.5) is 4.79 Å². The van der Waals surface area contributed by atoms with Gasteiger partial charge in [0.2, 0.25) is 0 Å². The molecule has 2 amide bonds. The first kappa shape index (κ1) is 15.9. The van der Waals surface area contributed by atoms with Crippen LogP contribution in [0.5, 0.6) is 0 Å². The summed E-state index contributed by atoms with van der Waals surface area (Å²) in [6.45, 7) is 2.78. The number of hydrogen-bond donors (Lipinski definition) is 3. The van der Waals surface area contributed by atoms with Gasteiger partial charge in [0.25, 0.3) is 0 Å². The molecule has 0 aliphatic heterocycles. The fraction of sp³-hybridized carbons (Fsp3) is 0.375. The predicted molar refractivity (Wildman–Crippen MR) is 85.0 cm³/mol. The van der Waals surface area contributed by atoms with Gasteiger partial charge < -0.3 is 20.3 Å². The topological polar surface area (TPSA) is 85.4 Å². The summed E-state index contributed by atoms with van der Waals surface area (Å²) in [5, 5.41) is 12.6. The van der Waals surface area contributed by atoms with Crippen molar-refractivity contribution in [3.8, 4) is 0 Å². The van der Waals surface area contributed by atoms with E-state index in [2.05, 4.69) is 23.3 Å². The summed E-state index contributed by atoms with van der Waals surface area (Å²) in [6.07, 6.45) is 2.65. The first-order valence-electron chi connectivity index (χ1n) is 7.25. The lowest BCUT2D eigenvalue weighted by Gasteiger charge is -2.16. The van der Waals surface area contributed by atoms with Crippen LogP contribution in [0, 0.1) is 6.92 Å².